The van der Waals surface area contributed by atoms with E-state index in [9.17, 15) is 24.0 Å². The van der Waals surface area contributed by atoms with E-state index in [2.05, 4.69) is 56.0 Å². The second-order valence-corrected chi connectivity index (χ2v) is 15.1. The maximum atomic E-state index is 14.4. The molecule has 13 heteroatoms. The van der Waals surface area contributed by atoms with Gasteiger partial charge >= 0.3 is 11.9 Å². The standard InChI is InChI=1S/C45H57N5O8/c1-10-30-24(3)34-21-36-26(5)32(14-15-40(53)57-8)43(49-36)33(20-41(54)58-9)44-42(45(55)46-18-16-28(51)12-13-29(52)17-19-56-7)27(6)37(50-44)23-39-31(11-2)25(4)35(48-39)22-38(30)47-34/h21-23,26,32,47,50H,10-20H2,1-9H3,(H,46,55). The molecular weight excluding hydrogens is 739 g/mol. The molecule has 0 aliphatic carbocycles. The van der Waals surface area contributed by atoms with Crippen LogP contribution in [0.5, 0.6) is 0 Å². The summed E-state index contributed by atoms with van der Waals surface area (Å²) in [7, 11) is 4.19. The zero-order valence-electron chi connectivity index (χ0n) is 35.3. The minimum atomic E-state index is -0.530. The van der Waals surface area contributed by atoms with Crippen LogP contribution in [0.15, 0.2) is 18.2 Å². The highest BCUT2D eigenvalue weighted by molar-refractivity contribution is 6.06. The van der Waals surface area contributed by atoms with Crippen LogP contribution in [0.1, 0.15) is 140 Å². The Bertz CT molecular complexity index is 2300. The number of hydrogen-bond donors (Lipinski definition) is 3. The van der Waals surface area contributed by atoms with Crippen molar-refractivity contribution < 1.29 is 38.2 Å². The molecule has 2 aliphatic rings. The molecule has 3 aromatic rings. The molecule has 5 rings (SSSR count). The molecule has 0 fully saturated rings. The Kier molecular flexibility index (Phi) is 14.6. The van der Waals surface area contributed by atoms with E-state index in [1.165, 1.54) is 26.9 Å². The summed E-state index contributed by atoms with van der Waals surface area (Å²) in [5.74, 6) is -2.04. The molecule has 5 heterocycles. The number of Topliss-reactive ketones (excluding diaryl/α,β-unsaturated/α-hetero) is 2. The first-order valence-electron chi connectivity index (χ1n) is 20.2. The van der Waals surface area contributed by atoms with Gasteiger partial charge in [-0.15, -0.1) is 0 Å². The largest absolute Gasteiger partial charge is 0.469 e. The third-order valence-corrected chi connectivity index (χ3v) is 11.6. The maximum Gasteiger partial charge on any atom is 0.310 e. The first-order valence-corrected chi connectivity index (χ1v) is 20.2. The maximum absolute atomic E-state index is 14.4. The summed E-state index contributed by atoms with van der Waals surface area (Å²) in [5.41, 5.74) is 11.6. The Morgan fingerprint density at radius 2 is 1.41 bits per heavy atom. The van der Waals surface area contributed by atoms with Gasteiger partial charge in [-0.05, 0) is 86.1 Å². The number of nitrogens with one attached hydrogen (secondary N) is 3. The number of aromatic nitrogens is 4. The molecule has 0 saturated heterocycles. The number of aromatic amines is 2. The first kappa shape index (κ1) is 43.7. The van der Waals surface area contributed by atoms with Crippen molar-refractivity contribution in [2.45, 2.75) is 111 Å². The lowest BCUT2D eigenvalue weighted by Gasteiger charge is -2.18. The molecule has 0 saturated carbocycles. The molecule has 1 amide bonds. The van der Waals surface area contributed by atoms with Crippen molar-refractivity contribution in [3.8, 4) is 0 Å². The minimum Gasteiger partial charge on any atom is -0.469 e. The van der Waals surface area contributed by atoms with Gasteiger partial charge in [0.1, 0.15) is 11.6 Å². The summed E-state index contributed by atoms with van der Waals surface area (Å²) in [4.78, 5) is 82.6. The predicted molar refractivity (Wildman–Crippen MR) is 223 cm³/mol. The van der Waals surface area contributed by atoms with E-state index in [-0.39, 0.29) is 74.4 Å². The van der Waals surface area contributed by atoms with Crippen molar-refractivity contribution in [2.75, 3.05) is 34.5 Å². The fraction of sp³-hybridized carbons (Fsp3) is 0.489. The van der Waals surface area contributed by atoms with Crippen molar-refractivity contribution in [3.05, 3.63) is 68.8 Å². The van der Waals surface area contributed by atoms with Crippen LogP contribution in [-0.4, -0.2) is 83.8 Å². The second kappa shape index (κ2) is 19.3. The van der Waals surface area contributed by atoms with E-state index in [0.717, 1.165) is 57.7 Å². The van der Waals surface area contributed by atoms with Gasteiger partial charge in [-0.2, -0.15) is 0 Å². The van der Waals surface area contributed by atoms with Gasteiger partial charge in [0, 0.05) is 85.4 Å². The van der Waals surface area contributed by atoms with Crippen LogP contribution in [0.2, 0.25) is 0 Å². The summed E-state index contributed by atoms with van der Waals surface area (Å²) in [6, 6.07) is 6.08. The fourth-order valence-electron chi connectivity index (χ4n) is 8.08. The number of hydrogen-bond acceptors (Lipinski definition) is 10. The molecule has 2 aliphatic heterocycles. The van der Waals surface area contributed by atoms with Crippen LogP contribution in [0, 0.1) is 13.8 Å². The lowest BCUT2D eigenvalue weighted by molar-refractivity contribution is -0.141. The number of rotatable bonds is 17. The molecule has 0 aromatic carbocycles. The average Bonchev–Trinajstić information content (AvgIpc) is 3.89. The van der Waals surface area contributed by atoms with Crippen LogP contribution >= 0.6 is 0 Å². The van der Waals surface area contributed by atoms with Gasteiger partial charge in [0.2, 0.25) is 0 Å². The molecule has 3 N–H and O–H groups in total. The van der Waals surface area contributed by atoms with E-state index >= 15 is 0 Å². The smallest absolute Gasteiger partial charge is 0.310 e. The van der Waals surface area contributed by atoms with Crippen LogP contribution in [0.25, 0.3) is 33.2 Å². The lowest BCUT2D eigenvalue weighted by atomic mass is 9.85. The zero-order valence-corrected chi connectivity index (χ0v) is 35.3. The molecule has 8 bridgehead atoms. The monoisotopic (exact) mass is 795 g/mol. The second-order valence-electron chi connectivity index (χ2n) is 15.1. The number of carbonyl (C=O) groups is 5. The first-order chi connectivity index (χ1) is 27.8. The third kappa shape index (κ3) is 9.47. The highest BCUT2D eigenvalue weighted by atomic mass is 16.5. The number of ether oxygens (including phenoxy) is 3. The Morgan fingerprint density at radius 3 is 2.07 bits per heavy atom. The molecule has 2 atom stereocenters. The summed E-state index contributed by atoms with van der Waals surface area (Å²) >= 11 is 0. The normalized spacial score (nSPS) is 15.1. The number of fused-ring (bicyclic) bond motifs is 8. The highest BCUT2D eigenvalue weighted by Crippen LogP contribution is 2.43. The number of ketones is 2. The minimum absolute atomic E-state index is 0.0448. The molecule has 0 spiro atoms. The average molecular weight is 796 g/mol. The lowest BCUT2D eigenvalue weighted by Crippen LogP contribution is -2.27. The summed E-state index contributed by atoms with van der Waals surface area (Å²) < 4.78 is 15.2. The topological polar surface area (TPSA) is 182 Å². The third-order valence-electron chi connectivity index (χ3n) is 11.6. The molecule has 58 heavy (non-hydrogen) atoms. The molecule has 13 nitrogen and oxygen atoms in total. The van der Waals surface area contributed by atoms with Crippen molar-refractivity contribution in [3.63, 3.8) is 0 Å². The Morgan fingerprint density at radius 1 is 0.741 bits per heavy atom. The fourth-order valence-corrected chi connectivity index (χ4v) is 8.08. The number of allylic oxidation sites excluding steroid dienone is 2. The van der Waals surface area contributed by atoms with E-state index in [1.807, 2.05) is 19.1 Å². The van der Waals surface area contributed by atoms with E-state index < -0.39 is 11.9 Å². The summed E-state index contributed by atoms with van der Waals surface area (Å²) in [5, 5.41) is 2.93. The van der Waals surface area contributed by atoms with Crippen molar-refractivity contribution >= 4 is 62.6 Å². The van der Waals surface area contributed by atoms with Gasteiger partial charge in [0.05, 0.1) is 55.4 Å². The number of H-pyrrole nitrogens is 2. The predicted octanol–water partition coefficient (Wildman–Crippen LogP) is 7.47. The van der Waals surface area contributed by atoms with Crippen LogP contribution in [0.3, 0.4) is 0 Å². The molecule has 3 aromatic heterocycles. The Balaban J connectivity index is 1.79. The molecule has 0 radical (unpaired) electrons. The molecule has 310 valence electrons. The van der Waals surface area contributed by atoms with E-state index in [0.29, 0.717) is 46.4 Å². The number of carbonyl (C=O) groups excluding carboxylic acids is 5. The number of aryl methyl sites for hydroxylation is 3. The Hall–Kier alpha value is -5.43. The van der Waals surface area contributed by atoms with Gasteiger partial charge in [0.15, 0.2) is 0 Å². The number of esters is 2. The van der Waals surface area contributed by atoms with Crippen molar-refractivity contribution in [2.24, 2.45) is 0 Å². The van der Waals surface area contributed by atoms with Crippen LogP contribution < -0.4 is 5.32 Å². The molecule has 2 unspecified atom stereocenters. The SMILES string of the molecule is CCC1=C(C)c2cc3[nH]c(cc4nc(c(CC(=O)OC)c5[nH]c(cc1n2)c(C)c5C(=O)NCCC(=O)CCC(=O)CCOC)C(CCC(=O)OC)C4C)c(C)c3CC. The number of methoxy groups -OCH3 is 3. The van der Waals surface area contributed by atoms with Crippen molar-refractivity contribution in [1.29, 1.82) is 0 Å². The van der Waals surface area contributed by atoms with Gasteiger partial charge in [0.25, 0.3) is 5.91 Å². The number of amides is 1. The van der Waals surface area contributed by atoms with Crippen LogP contribution in [-0.2, 0) is 46.2 Å². The van der Waals surface area contributed by atoms with Crippen LogP contribution in [0.4, 0.5) is 0 Å². The van der Waals surface area contributed by atoms with Gasteiger partial charge in [-0.3, -0.25) is 29.0 Å². The summed E-state index contributed by atoms with van der Waals surface area (Å²) in [6.45, 7) is 12.6. The van der Waals surface area contributed by atoms with E-state index in [1.54, 1.807) is 0 Å². The highest BCUT2D eigenvalue weighted by Gasteiger charge is 2.34. The van der Waals surface area contributed by atoms with E-state index in [4.69, 9.17) is 24.2 Å². The Labute approximate surface area is 339 Å². The summed E-state index contributed by atoms with van der Waals surface area (Å²) in [6.07, 6.45) is 2.31. The van der Waals surface area contributed by atoms with Gasteiger partial charge < -0.3 is 29.5 Å². The van der Waals surface area contributed by atoms with Gasteiger partial charge in [-0.25, -0.2) is 4.98 Å². The van der Waals surface area contributed by atoms with Gasteiger partial charge in [-0.1, -0.05) is 20.8 Å². The molecular formula is C45H57N5O8. The van der Waals surface area contributed by atoms with Crippen molar-refractivity contribution in [1.82, 2.24) is 25.3 Å². The number of nitrogens with zero attached hydrogens (tertiary/aromatic N) is 2. The zero-order chi connectivity index (χ0) is 42.3. The quantitative estimate of drug-likeness (QED) is 0.116.